The Hall–Kier alpha value is -0.900. The molecular weight excluding hydrogens is 178 g/mol. The normalized spacial score (nSPS) is 20.1. The number of aliphatic hydroxyl groups is 1. The fourth-order valence-electron chi connectivity index (χ4n) is 1.70. The Bertz CT molecular complexity index is 282. The first-order chi connectivity index (χ1) is 6.48. The summed E-state index contributed by atoms with van der Waals surface area (Å²) in [7, 11) is 0. The minimum Gasteiger partial charge on any atom is -0.389 e. The molecule has 14 heavy (non-hydrogen) atoms. The van der Waals surface area contributed by atoms with Crippen LogP contribution in [0.3, 0.4) is 0 Å². The van der Waals surface area contributed by atoms with Crippen molar-refractivity contribution in [1.82, 2.24) is 15.4 Å². The Kier molecular flexibility index (Phi) is 2.95. The highest BCUT2D eigenvalue weighted by molar-refractivity contribution is 5.17. The average molecular weight is 197 g/mol. The maximum atomic E-state index is 10.3. The standard InChI is InChI=1S/C10H19N3O/c1-5-9(3,10(4,14)6-2)8-7-11-13-12-8/h7,14H,5-6H2,1-4H3,(H,11,12,13). The third-order valence-electron chi connectivity index (χ3n) is 3.56. The van der Waals surface area contributed by atoms with Crippen molar-refractivity contribution in [1.29, 1.82) is 0 Å². The molecule has 0 aliphatic heterocycles. The Labute approximate surface area is 84.7 Å². The number of aromatic amines is 1. The van der Waals surface area contributed by atoms with Gasteiger partial charge in [0.05, 0.1) is 17.5 Å². The molecule has 0 aliphatic carbocycles. The summed E-state index contributed by atoms with van der Waals surface area (Å²) < 4.78 is 0. The summed E-state index contributed by atoms with van der Waals surface area (Å²) in [6, 6.07) is 0. The minimum atomic E-state index is -0.751. The highest BCUT2D eigenvalue weighted by atomic mass is 16.3. The van der Waals surface area contributed by atoms with E-state index in [1.54, 1.807) is 6.20 Å². The number of aromatic nitrogens is 3. The van der Waals surface area contributed by atoms with E-state index in [4.69, 9.17) is 0 Å². The lowest BCUT2D eigenvalue weighted by atomic mass is 9.69. The lowest BCUT2D eigenvalue weighted by Gasteiger charge is -2.40. The van der Waals surface area contributed by atoms with Gasteiger partial charge in [0.2, 0.25) is 0 Å². The van der Waals surface area contributed by atoms with Crippen molar-refractivity contribution in [2.24, 2.45) is 0 Å². The zero-order valence-corrected chi connectivity index (χ0v) is 9.33. The summed E-state index contributed by atoms with van der Waals surface area (Å²) in [5, 5.41) is 20.8. The van der Waals surface area contributed by atoms with Gasteiger partial charge in [0.1, 0.15) is 0 Å². The van der Waals surface area contributed by atoms with Crippen LogP contribution in [0.2, 0.25) is 0 Å². The SMILES string of the molecule is CCC(C)(O)C(C)(CC)c1cn[nH]n1. The van der Waals surface area contributed by atoms with Gasteiger partial charge in [-0.25, -0.2) is 0 Å². The lowest BCUT2D eigenvalue weighted by molar-refractivity contribution is -0.0238. The van der Waals surface area contributed by atoms with Gasteiger partial charge in [0.25, 0.3) is 0 Å². The first-order valence-electron chi connectivity index (χ1n) is 5.06. The van der Waals surface area contributed by atoms with Crippen molar-refractivity contribution in [3.8, 4) is 0 Å². The van der Waals surface area contributed by atoms with Gasteiger partial charge in [-0.2, -0.15) is 15.4 Å². The second kappa shape index (κ2) is 3.69. The molecule has 2 atom stereocenters. The Morgan fingerprint density at radius 2 is 2.00 bits per heavy atom. The molecule has 1 heterocycles. The summed E-state index contributed by atoms with van der Waals surface area (Å²) in [4.78, 5) is 0. The summed E-state index contributed by atoms with van der Waals surface area (Å²) in [6.07, 6.45) is 3.22. The van der Waals surface area contributed by atoms with Gasteiger partial charge in [0, 0.05) is 5.41 Å². The predicted molar refractivity (Wildman–Crippen MR) is 54.9 cm³/mol. The zero-order valence-electron chi connectivity index (χ0n) is 9.33. The van der Waals surface area contributed by atoms with Gasteiger partial charge < -0.3 is 5.11 Å². The molecule has 1 aromatic heterocycles. The molecule has 0 amide bonds. The van der Waals surface area contributed by atoms with E-state index in [0.717, 1.165) is 12.1 Å². The fourth-order valence-corrected chi connectivity index (χ4v) is 1.70. The molecule has 4 nitrogen and oxygen atoms in total. The molecule has 0 spiro atoms. The highest BCUT2D eigenvalue weighted by Crippen LogP contribution is 2.38. The van der Waals surface area contributed by atoms with E-state index < -0.39 is 5.60 Å². The second-order valence-electron chi connectivity index (χ2n) is 4.17. The van der Waals surface area contributed by atoms with Crippen LogP contribution in [-0.2, 0) is 5.41 Å². The van der Waals surface area contributed by atoms with E-state index >= 15 is 0 Å². The van der Waals surface area contributed by atoms with Gasteiger partial charge >= 0.3 is 0 Å². The van der Waals surface area contributed by atoms with Crippen molar-refractivity contribution >= 4 is 0 Å². The van der Waals surface area contributed by atoms with E-state index in [1.165, 1.54) is 0 Å². The van der Waals surface area contributed by atoms with Crippen molar-refractivity contribution < 1.29 is 5.11 Å². The summed E-state index contributed by atoms with van der Waals surface area (Å²) in [6.45, 7) is 7.91. The van der Waals surface area contributed by atoms with Gasteiger partial charge in [0.15, 0.2) is 0 Å². The molecule has 4 heteroatoms. The second-order valence-corrected chi connectivity index (χ2v) is 4.17. The van der Waals surface area contributed by atoms with Crippen molar-refractivity contribution in [3.05, 3.63) is 11.9 Å². The highest BCUT2D eigenvalue weighted by Gasteiger charge is 2.43. The molecule has 0 bridgehead atoms. The van der Waals surface area contributed by atoms with E-state index in [9.17, 15) is 5.11 Å². The molecule has 80 valence electrons. The molecule has 2 unspecified atom stereocenters. The Balaban J connectivity index is 3.10. The first-order valence-corrected chi connectivity index (χ1v) is 5.06. The van der Waals surface area contributed by atoms with Crippen LogP contribution in [-0.4, -0.2) is 26.1 Å². The summed E-state index contributed by atoms with van der Waals surface area (Å²) in [5.74, 6) is 0. The third kappa shape index (κ3) is 1.54. The van der Waals surface area contributed by atoms with Gasteiger partial charge in [-0.1, -0.05) is 20.8 Å². The van der Waals surface area contributed by atoms with Crippen LogP contribution in [0.5, 0.6) is 0 Å². The number of nitrogens with zero attached hydrogens (tertiary/aromatic N) is 2. The molecule has 0 fully saturated rings. The average Bonchev–Trinajstić information content (AvgIpc) is 2.69. The van der Waals surface area contributed by atoms with Gasteiger partial charge in [-0.15, -0.1) is 0 Å². The Morgan fingerprint density at radius 1 is 1.36 bits per heavy atom. The fraction of sp³-hybridized carbons (Fsp3) is 0.800. The van der Waals surface area contributed by atoms with E-state index in [1.807, 2.05) is 20.8 Å². The zero-order chi connectivity index (χ0) is 10.8. The molecule has 0 aromatic carbocycles. The molecule has 1 rings (SSSR count). The molecule has 0 aliphatic rings. The monoisotopic (exact) mass is 197 g/mol. The quantitative estimate of drug-likeness (QED) is 0.771. The van der Waals surface area contributed by atoms with Crippen LogP contribution >= 0.6 is 0 Å². The summed E-state index contributed by atoms with van der Waals surface area (Å²) in [5.41, 5.74) is -0.264. The van der Waals surface area contributed by atoms with Crippen molar-refractivity contribution in [3.63, 3.8) is 0 Å². The van der Waals surface area contributed by atoms with E-state index in [0.29, 0.717) is 6.42 Å². The predicted octanol–water partition coefficient (Wildman–Crippen LogP) is 1.63. The lowest BCUT2D eigenvalue weighted by Crippen LogP contribution is -2.46. The maximum absolute atomic E-state index is 10.3. The number of hydrogen-bond acceptors (Lipinski definition) is 3. The topological polar surface area (TPSA) is 61.8 Å². The van der Waals surface area contributed by atoms with Crippen LogP contribution < -0.4 is 0 Å². The first kappa shape index (κ1) is 11.2. The minimum absolute atomic E-state index is 0.339. The largest absolute Gasteiger partial charge is 0.389 e. The molecule has 2 N–H and O–H groups in total. The van der Waals surface area contributed by atoms with Crippen molar-refractivity contribution in [2.75, 3.05) is 0 Å². The van der Waals surface area contributed by atoms with Crippen LogP contribution in [0.1, 0.15) is 46.2 Å². The molecule has 0 saturated carbocycles. The third-order valence-corrected chi connectivity index (χ3v) is 3.56. The van der Waals surface area contributed by atoms with Gasteiger partial charge in [-0.3, -0.25) is 0 Å². The molecule has 0 radical (unpaired) electrons. The van der Waals surface area contributed by atoms with Crippen molar-refractivity contribution in [2.45, 2.75) is 51.6 Å². The van der Waals surface area contributed by atoms with Crippen LogP contribution in [0, 0.1) is 0 Å². The maximum Gasteiger partial charge on any atom is 0.0912 e. The van der Waals surface area contributed by atoms with Gasteiger partial charge in [-0.05, 0) is 19.8 Å². The molecule has 0 saturated heterocycles. The smallest absolute Gasteiger partial charge is 0.0912 e. The molecule has 1 aromatic rings. The van der Waals surface area contributed by atoms with E-state index in [2.05, 4.69) is 22.3 Å². The number of hydrogen-bond donors (Lipinski definition) is 2. The van der Waals surface area contributed by atoms with E-state index in [-0.39, 0.29) is 5.41 Å². The number of nitrogens with one attached hydrogen (secondary N) is 1. The van der Waals surface area contributed by atoms with Crippen LogP contribution in [0.15, 0.2) is 6.20 Å². The summed E-state index contributed by atoms with van der Waals surface area (Å²) >= 11 is 0. The van der Waals surface area contributed by atoms with Crippen LogP contribution in [0.25, 0.3) is 0 Å². The van der Waals surface area contributed by atoms with Crippen LogP contribution in [0.4, 0.5) is 0 Å². The number of H-pyrrole nitrogens is 1. The Morgan fingerprint density at radius 3 is 2.36 bits per heavy atom. The molecular formula is C10H19N3O. The number of rotatable bonds is 4.